The Morgan fingerprint density at radius 1 is 0.962 bits per heavy atom. The number of carbonyl (C=O) groups is 1. The molecule has 0 atom stereocenters. The summed E-state index contributed by atoms with van der Waals surface area (Å²) in [5, 5.41) is 13.5. The van der Waals surface area contributed by atoms with Gasteiger partial charge < -0.3 is 9.84 Å². The lowest BCUT2D eigenvalue weighted by Gasteiger charge is -2.06. The van der Waals surface area contributed by atoms with Crippen LogP contribution in [-0.2, 0) is 6.61 Å². The van der Waals surface area contributed by atoms with E-state index < -0.39 is 5.91 Å². The second-order valence-corrected chi connectivity index (χ2v) is 5.56. The zero-order valence-corrected chi connectivity index (χ0v) is 14.0. The molecule has 0 radical (unpaired) electrons. The van der Waals surface area contributed by atoms with Crippen LogP contribution in [0, 0.1) is 0 Å². The van der Waals surface area contributed by atoms with Crippen molar-refractivity contribution in [3.8, 4) is 11.5 Å². The van der Waals surface area contributed by atoms with Gasteiger partial charge in [-0.05, 0) is 47.5 Å². The number of hydrazone groups is 1. The molecule has 0 aliphatic heterocycles. The minimum atomic E-state index is -0.470. The number of benzene rings is 3. The normalized spacial score (nSPS) is 10.6. The zero-order valence-electron chi connectivity index (χ0n) is 14.0. The molecule has 0 unspecified atom stereocenters. The number of amides is 1. The molecule has 5 heteroatoms. The van der Waals surface area contributed by atoms with E-state index in [1.165, 1.54) is 18.3 Å². The number of carbonyl (C=O) groups excluding carboxylic acids is 1. The molecule has 0 aliphatic carbocycles. The minimum absolute atomic E-state index is 0.0832. The van der Waals surface area contributed by atoms with Crippen LogP contribution in [0.25, 0.3) is 0 Å². The van der Waals surface area contributed by atoms with Crippen LogP contribution in [0.5, 0.6) is 11.5 Å². The van der Waals surface area contributed by atoms with Gasteiger partial charge in [0.1, 0.15) is 18.1 Å². The summed E-state index contributed by atoms with van der Waals surface area (Å²) in [6.45, 7) is 0.505. The van der Waals surface area contributed by atoms with Gasteiger partial charge in [-0.1, -0.05) is 42.5 Å². The molecule has 3 aromatic rings. The van der Waals surface area contributed by atoms with E-state index in [1.54, 1.807) is 12.1 Å². The molecule has 0 spiro atoms. The molecule has 5 nitrogen and oxygen atoms in total. The van der Waals surface area contributed by atoms with Gasteiger partial charge in [-0.15, -0.1) is 0 Å². The Morgan fingerprint density at radius 2 is 1.65 bits per heavy atom. The highest BCUT2D eigenvalue weighted by molar-refractivity contribution is 5.97. The molecule has 26 heavy (non-hydrogen) atoms. The average Bonchev–Trinajstić information content (AvgIpc) is 2.68. The van der Waals surface area contributed by atoms with Crippen molar-refractivity contribution in [2.45, 2.75) is 6.61 Å². The van der Waals surface area contributed by atoms with Gasteiger partial charge in [-0.25, -0.2) is 5.43 Å². The molecular formula is C21H18N2O3. The Morgan fingerprint density at radius 3 is 2.38 bits per heavy atom. The van der Waals surface area contributed by atoms with Crippen molar-refractivity contribution in [1.82, 2.24) is 5.43 Å². The van der Waals surface area contributed by atoms with E-state index in [2.05, 4.69) is 10.5 Å². The smallest absolute Gasteiger partial charge is 0.275 e. The number of hydrogen-bond acceptors (Lipinski definition) is 4. The number of ether oxygens (including phenoxy) is 1. The van der Waals surface area contributed by atoms with Crippen LogP contribution in [0.1, 0.15) is 21.5 Å². The lowest BCUT2D eigenvalue weighted by molar-refractivity contribution is 0.0952. The molecule has 130 valence electrons. The third kappa shape index (κ3) is 4.70. The van der Waals surface area contributed by atoms with Gasteiger partial charge in [0.2, 0.25) is 0 Å². The molecule has 0 saturated heterocycles. The second kappa shape index (κ2) is 8.48. The van der Waals surface area contributed by atoms with Crippen molar-refractivity contribution in [2.75, 3.05) is 0 Å². The van der Waals surface area contributed by atoms with Crippen molar-refractivity contribution >= 4 is 12.1 Å². The first-order chi connectivity index (χ1) is 12.7. The number of nitrogens with one attached hydrogen (secondary N) is 1. The first-order valence-corrected chi connectivity index (χ1v) is 8.10. The zero-order chi connectivity index (χ0) is 18.2. The van der Waals surface area contributed by atoms with Crippen molar-refractivity contribution < 1.29 is 14.6 Å². The molecule has 0 bridgehead atoms. The Bertz CT molecular complexity index is 891. The van der Waals surface area contributed by atoms with Gasteiger partial charge in [0.15, 0.2) is 0 Å². The number of phenolic OH excluding ortho intramolecular Hbond substituents is 1. The Balaban J connectivity index is 1.53. The summed E-state index contributed by atoms with van der Waals surface area (Å²) in [5.41, 5.74) is 4.48. The third-order valence-electron chi connectivity index (χ3n) is 3.66. The number of para-hydroxylation sites is 1. The maximum Gasteiger partial charge on any atom is 0.275 e. The summed E-state index contributed by atoms with van der Waals surface area (Å²) in [6, 6.07) is 23.6. The van der Waals surface area contributed by atoms with Crippen LogP contribution >= 0.6 is 0 Å². The van der Waals surface area contributed by atoms with E-state index in [1.807, 2.05) is 54.6 Å². The lowest BCUT2D eigenvalue weighted by Crippen LogP contribution is -2.17. The van der Waals surface area contributed by atoms with E-state index in [-0.39, 0.29) is 11.3 Å². The van der Waals surface area contributed by atoms with Crippen molar-refractivity contribution in [3.05, 3.63) is 95.6 Å². The van der Waals surface area contributed by atoms with Crippen LogP contribution in [-0.4, -0.2) is 17.2 Å². The first kappa shape index (κ1) is 17.2. The highest BCUT2D eigenvalue weighted by Gasteiger charge is 2.08. The molecule has 3 rings (SSSR count). The molecule has 0 aliphatic rings. The summed E-state index contributed by atoms with van der Waals surface area (Å²) in [5.74, 6) is 0.200. The Kier molecular flexibility index (Phi) is 5.62. The number of hydrogen-bond donors (Lipinski definition) is 2. The quantitative estimate of drug-likeness (QED) is 0.528. The lowest BCUT2D eigenvalue weighted by atomic mass is 10.2. The summed E-state index contributed by atoms with van der Waals surface area (Å²) in [4.78, 5) is 11.9. The summed E-state index contributed by atoms with van der Waals surface area (Å²) in [6.07, 6.45) is 1.53. The fourth-order valence-corrected chi connectivity index (χ4v) is 2.28. The predicted molar refractivity (Wildman–Crippen MR) is 100 cm³/mol. The van der Waals surface area contributed by atoms with Crippen LogP contribution in [0.15, 0.2) is 84.0 Å². The molecular weight excluding hydrogens is 328 g/mol. The van der Waals surface area contributed by atoms with Crippen LogP contribution in [0.4, 0.5) is 0 Å². The molecule has 3 aromatic carbocycles. The van der Waals surface area contributed by atoms with E-state index in [0.29, 0.717) is 6.61 Å². The fraction of sp³-hybridized carbons (Fsp3) is 0.0476. The van der Waals surface area contributed by atoms with Crippen molar-refractivity contribution in [1.29, 1.82) is 0 Å². The Hall–Kier alpha value is -3.60. The number of phenols is 1. The van der Waals surface area contributed by atoms with Gasteiger partial charge in [-0.3, -0.25) is 4.79 Å². The molecule has 0 fully saturated rings. The first-order valence-electron chi connectivity index (χ1n) is 8.10. The minimum Gasteiger partial charge on any atom is -0.507 e. The van der Waals surface area contributed by atoms with Crippen LogP contribution < -0.4 is 10.2 Å². The number of nitrogens with zero attached hydrogens (tertiary/aromatic N) is 1. The fourth-order valence-electron chi connectivity index (χ4n) is 2.28. The molecule has 0 heterocycles. The van der Waals surface area contributed by atoms with Gasteiger partial charge >= 0.3 is 0 Å². The maximum absolute atomic E-state index is 11.9. The van der Waals surface area contributed by atoms with E-state index in [9.17, 15) is 9.90 Å². The summed E-state index contributed by atoms with van der Waals surface area (Å²) in [7, 11) is 0. The summed E-state index contributed by atoms with van der Waals surface area (Å²) >= 11 is 0. The average molecular weight is 346 g/mol. The largest absolute Gasteiger partial charge is 0.507 e. The van der Waals surface area contributed by atoms with Gasteiger partial charge in [0, 0.05) is 0 Å². The molecule has 0 saturated carbocycles. The van der Waals surface area contributed by atoms with Gasteiger partial charge in [0.25, 0.3) is 5.91 Å². The topological polar surface area (TPSA) is 70.9 Å². The van der Waals surface area contributed by atoms with E-state index in [0.717, 1.165) is 16.9 Å². The Labute approximate surface area is 151 Å². The van der Waals surface area contributed by atoms with Gasteiger partial charge in [0.05, 0.1) is 11.8 Å². The molecule has 2 N–H and O–H groups in total. The van der Waals surface area contributed by atoms with E-state index >= 15 is 0 Å². The molecule has 0 aromatic heterocycles. The maximum atomic E-state index is 11.9. The SMILES string of the molecule is O=C(N/N=C\c1ccc(OCc2ccccc2)cc1)c1ccccc1O. The highest BCUT2D eigenvalue weighted by atomic mass is 16.5. The molecule has 1 amide bonds. The standard InChI is InChI=1S/C21H18N2O3/c24-20-9-5-4-8-19(20)21(25)23-22-14-16-10-12-18(13-11-16)26-15-17-6-2-1-3-7-17/h1-14,24H,15H2,(H,23,25)/b22-14-. The number of rotatable bonds is 6. The monoisotopic (exact) mass is 346 g/mol. The number of aromatic hydroxyl groups is 1. The predicted octanol–water partition coefficient (Wildman–Crippen LogP) is 3.74. The third-order valence-corrected chi connectivity index (χ3v) is 3.66. The van der Waals surface area contributed by atoms with E-state index in [4.69, 9.17) is 4.74 Å². The second-order valence-electron chi connectivity index (χ2n) is 5.56. The summed E-state index contributed by atoms with van der Waals surface area (Å²) < 4.78 is 5.72. The highest BCUT2D eigenvalue weighted by Crippen LogP contribution is 2.15. The van der Waals surface area contributed by atoms with Crippen LogP contribution in [0.3, 0.4) is 0 Å². The van der Waals surface area contributed by atoms with Crippen LogP contribution in [0.2, 0.25) is 0 Å². The van der Waals surface area contributed by atoms with Crippen molar-refractivity contribution in [2.24, 2.45) is 5.10 Å². The van der Waals surface area contributed by atoms with Crippen molar-refractivity contribution in [3.63, 3.8) is 0 Å². The van der Waals surface area contributed by atoms with Gasteiger partial charge in [-0.2, -0.15) is 5.10 Å².